The van der Waals surface area contributed by atoms with Crippen LogP contribution in [0.4, 0.5) is 0 Å². The Labute approximate surface area is 285 Å². The number of hydrogen-bond donors (Lipinski definition) is 3. The topological polar surface area (TPSA) is 101 Å². The molecule has 2 atom stereocenters. The third kappa shape index (κ3) is 8.87. The van der Waals surface area contributed by atoms with Crippen molar-refractivity contribution < 1.29 is 24.1 Å². The molecule has 4 aromatic carbocycles. The number of carbonyl (C=O) groups is 1. The number of rotatable bonds is 16. The highest BCUT2D eigenvalue weighted by Crippen LogP contribution is 2.43. The molecule has 0 unspecified atom stereocenters. The minimum absolute atomic E-state index is 0.0682. The molecule has 0 radical (unpaired) electrons. The van der Waals surface area contributed by atoms with Gasteiger partial charge < -0.3 is 19.3 Å². The number of aliphatic hydroxyl groups excluding tert-OH is 1. The minimum Gasteiger partial charge on any atom is -0.494 e. The van der Waals surface area contributed by atoms with Crippen molar-refractivity contribution in [3.05, 3.63) is 124 Å². The number of ether oxygens (including phenoxy) is 3. The molecule has 3 N–H and O–H groups in total. The van der Waals surface area contributed by atoms with E-state index in [2.05, 4.69) is 51.0 Å². The second kappa shape index (κ2) is 16.7. The Morgan fingerprint density at radius 3 is 2.28 bits per heavy atom. The lowest BCUT2D eigenvalue weighted by molar-refractivity contribution is -0.130. The van der Waals surface area contributed by atoms with Crippen LogP contribution < -0.4 is 15.6 Å². The van der Waals surface area contributed by atoms with Gasteiger partial charge in [0, 0.05) is 42.6 Å². The molecule has 9 heteroatoms. The van der Waals surface area contributed by atoms with Crippen LogP contribution in [0.25, 0.3) is 11.1 Å². The molecule has 0 spiro atoms. The fourth-order valence-electron chi connectivity index (χ4n) is 5.43. The van der Waals surface area contributed by atoms with E-state index in [1.165, 1.54) is 0 Å². The van der Waals surface area contributed by atoms with E-state index in [0.717, 1.165) is 38.7 Å². The molecular weight excluding hydrogens is 658 g/mol. The van der Waals surface area contributed by atoms with Crippen molar-refractivity contribution in [2.24, 2.45) is 4.99 Å². The average molecular weight is 701 g/mol. The molecule has 0 saturated heterocycles. The van der Waals surface area contributed by atoms with Gasteiger partial charge in [0.2, 0.25) is 5.90 Å². The van der Waals surface area contributed by atoms with E-state index in [1.54, 1.807) is 0 Å². The number of hydrazine groups is 1. The number of nitrogens with zero attached hydrogens (tertiary/aromatic N) is 1. The van der Waals surface area contributed by atoms with Gasteiger partial charge in [0.25, 0.3) is 5.91 Å². The van der Waals surface area contributed by atoms with Gasteiger partial charge in [0.05, 0.1) is 12.7 Å². The number of amides is 1. The third-order valence-corrected chi connectivity index (χ3v) is 8.64. The summed E-state index contributed by atoms with van der Waals surface area (Å²) in [4.78, 5) is 19.6. The van der Waals surface area contributed by atoms with Crippen molar-refractivity contribution in [1.29, 1.82) is 0 Å². The summed E-state index contributed by atoms with van der Waals surface area (Å²) >= 11 is 3.69. The Morgan fingerprint density at radius 2 is 1.57 bits per heavy atom. The number of aliphatic imine (C=N–C) groups is 1. The molecule has 8 nitrogen and oxygen atoms in total. The summed E-state index contributed by atoms with van der Waals surface area (Å²) in [5, 5.41) is 9.09. The number of hydrogen-bond acceptors (Lipinski definition) is 7. The van der Waals surface area contributed by atoms with Gasteiger partial charge in [-0.3, -0.25) is 10.2 Å². The van der Waals surface area contributed by atoms with Crippen LogP contribution in [0.2, 0.25) is 0 Å². The number of nitrogens with one attached hydrogen (secondary N) is 2. The van der Waals surface area contributed by atoms with Crippen LogP contribution in [0.5, 0.6) is 5.75 Å². The molecule has 1 heterocycles. The largest absolute Gasteiger partial charge is 0.494 e. The molecule has 0 fully saturated rings. The van der Waals surface area contributed by atoms with E-state index in [9.17, 15) is 4.79 Å². The van der Waals surface area contributed by atoms with Crippen molar-refractivity contribution in [2.75, 3.05) is 26.4 Å². The quantitative estimate of drug-likeness (QED) is 0.0878. The van der Waals surface area contributed by atoms with Crippen LogP contribution in [0.1, 0.15) is 49.5 Å². The lowest BCUT2D eigenvalue weighted by Gasteiger charge is -2.31. The van der Waals surface area contributed by atoms with Crippen LogP contribution >= 0.6 is 15.9 Å². The summed E-state index contributed by atoms with van der Waals surface area (Å²) in [6.45, 7) is 5.61. The summed E-state index contributed by atoms with van der Waals surface area (Å²) in [5.74, 6) is 0.752. The van der Waals surface area contributed by atoms with Crippen LogP contribution in [0, 0.1) is 0 Å². The minimum atomic E-state index is -1.34. The Morgan fingerprint density at radius 1 is 0.894 bits per heavy atom. The van der Waals surface area contributed by atoms with Gasteiger partial charge >= 0.3 is 0 Å². The number of halogens is 1. The van der Waals surface area contributed by atoms with Gasteiger partial charge in [-0.05, 0) is 72.9 Å². The van der Waals surface area contributed by atoms with E-state index in [-0.39, 0.29) is 25.0 Å². The number of benzene rings is 4. The molecule has 1 amide bonds. The zero-order chi connectivity index (χ0) is 33.1. The summed E-state index contributed by atoms with van der Waals surface area (Å²) in [6.07, 6.45) is 0.998. The summed E-state index contributed by atoms with van der Waals surface area (Å²) in [6, 6.07) is 33.6. The highest BCUT2D eigenvalue weighted by atomic mass is 79.9. The number of aliphatic hydroxyl groups is 1. The lowest BCUT2D eigenvalue weighted by Crippen LogP contribution is -2.54. The fourth-order valence-corrected chi connectivity index (χ4v) is 5.85. The van der Waals surface area contributed by atoms with Gasteiger partial charge in [0.15, 0.2) is 11.6 Å². The van der Waals surface area contributed by atoms with Gasteiger partial charge in [-0.25, -0.2) is 10.4 Å². The zero-order valence-corrected chi connectivity index (χ0v) is 28.4. The molecule has 0 bridgehead atoms. The standard InChI is InChI=1S/C38H42BrN3O5/c1-27(2)45-24-8-22-40-42-37(44)38(26-32-12-6-7-13-34(32)39)35(30-16-14-29(15-17-30)28-10-4-3-5-11-28)47-36(41-38)31-18-20-33(21-19-31)46-25-9-23-43/h3-7,10-21,27,35,40,43H,8-9,22-26H2,1-2H3,(H,42,44)/t35-,38-/m0/s1. The Balaban J connectivity index is 1.50. The molecule has 4 aromatic rings. The monoisotopic (exact) mass is 699 g/mol. The van der Waals surface area contributed by atoms with E-state index >= 15 is 0 Å². The van der Waals surface area contributed by atoms with Gasteiger partial charge in [-0.2, -0.15) is 0 Å². The first-order chi connectivity index (χ1) is 22.9. The molecule has 0 aromatic heterocycles. The first-order valence-electron chi connectivity index (χ1n) is 16.0. The van der Waals surface area contributed by atoms with Gasteiger partial charge in [-0.1, -0.05) is 88.7 Å². The maximum absolute atomic E-state index is 14.4. The Kier molecular flexibility index (Phi) is 12.2. The molecule has 246 valence electrons. The molecule has 5 rings (SSSR count). The third-order valence-electron chi connectivity index (χ3n) is 7.87. The van der Waals surface area contributed by atoms with Crippen molar-refractivity contribution in [1.82, 2.24) is 10.9 Å². The van der Waals surface area contributed by atoms with Crippen molar-refractivity contribution in [3.8, 4) is 16.9 Å². The van der Waals surface area contributed by atoms with E-state index < -0.39 is 11.6 Å². The van der Waals surface area contributed by atoms with E-state index in [4.69, 9.17) is 24.3 Å². The van der Waals surface area contributed by atoms with E-state index in [0.29, 0.717) is 37.8 Å². The van der Waals surface area contributed by atoms with Gasteiger partial charge in [-0.15, -0.1) is 0 Å². The number of carbonyl (C=O) groups excluding carboxylic acids is 1. The van der Waals surface area contributed by atoms with Crippen LogP contribution in [0.3, 0.4) is 0 Å². The first-order valence-corrected chi connectivity index (χ1v) is 16.8. The average Bonchev–Trinajstić information content (AvgIpc) is 3.48. The smallest absolute Gasteiger partial charge is 0.266 e. The molecule has 47 heavy (non-hydrogen) atoms. The van der Waals surface area contributed by atoms with Crippen molar-refractivity contribution >= 4 is 27.7 Å². The van der Waals surface area contributed by atoms with Gasteiger partial charge in [0.1, 0.15) is 5.75 Å². The van der Waals surface area contributed by atoms with Crippen LogP contribution in [-0.2, 0) is 20.7 Å². The summed E-state index contributed by atoms with van der Waals surface area (Å²) in [7, 11) is 0. The molecule has 0 aliphatic carbocycles. The summed E-state index contributed by atoms with van der Waals surface area (Å²) in [5.41, 5.74) is 9.37. The predicted octanol–water partition coefficient (Wildman–Crippen LogP) is 6.81. The maximum atomic E-state index is 14.4. The zero-order valence-electron chi connectivity index (χ0n) is 26.8. The highest BCUT2D eigenvalue weighted by molar-refractivity contribution is 9.10. The van der Waals surface area contributed by atoms with Crippen LogP contribution in [0.15, 0.2) is 113 Å². The normalized spacial score (nSPS) is 17.3. The SMILES string of the molecule is CC(C)OCCCNNC(=O)[C@@]1(Cc2ccccc2Br)N=C(c2ccc(OCCCO)cc2)O[C@H]1c1ccc(-c2ccccc2)cc1. The van der Waals surface area contributed by atoms with Crippen molar-refractivity contribution in [2.45, 2.75) is 50.9 Å². The van der Waals surface area contributed by atoms with Crippen LogP contribution in [-0.4, -0.2) is 54.9 Å². The first kappa shape index (κ1) is 34.3. The lowest BCUT2D eigenvalue weighted by atomic mass is 9.82. The second-order valence-electron chi connectivity index (χ2n) is 11.7. The predicted molar refractivity (Wildman–Crippen MR) is 188 cm³/mol. The second-order valence-corrected chi connectivity index (χ2v) is 12.6. The Bertz CT molecular complexity index is 1610. The molecule has 1 aliphatic heterocycles. The van der Waals surface area contributed by atoms with Crippen molar-refractivity contribution in [3.63, 3.8) is 0 Å². The maximum Gasteiger partial charge on any atom is 0.266 e. The molecular formula is C38H42BrN3O5. The molecule has 0 saturated carbocycles. The summed E-state index contributed by atoms with van der Waals surface area (Å²) < 4.78 is 19.0. The Hall–Kier alpha value is -4.02. The highest BCUT2D eigenvalue weighted by Gasteiger charge is 2.53. The van der Waals surface area contributed by atoms with E-state index in [1.807, 2.05) is 92.7 Å². The molecule has 1 aliphatic rings. The fraction of sp³-hybridized carbons (Fsp3) is 0.316.